The molecule has 102 valence electrons. The summed E-state index contributed by atoms with van der Waals surface area (Å²) in [5, 5.41) is 0. The highest BCUT2D eigenvalue weighted by atomic mass is 16.1. The van der Waals surface area contributed by atoms with Gasteiger partial charge in [0.05, 0.1) is 5.41 Å². The zero-order valence-corrected chi connectivity index (χ0v) is 12.1. The van der Waals surface area contributed by atoms with Crippen LogP contribution < -0.4 is 0 Å². The summed E-state index contributed by atoms with van der Waals surface area (Å²) >= 11 is 0. The maximum atomic E-state index is 12.9. The molecule has 0 bridgehead atoms. The smallest absolute Gasteiger partial charge is 0.172 e. The highest BCUT2D eigenvalue weighted by molar-refractivity contribution is 6.03. The fraction of sp³-hybridized carbons (Fsp3) is 0.316. The minimum atomic E-state index is -0.478. The van der Waals surface area contributed by atoms with Gasteiger partial charge in [-0.1, -0.05) is 42.5 Å². The SMILES string of the molecule is CC(C)(C(=O)c1ccc2c(c1)CCC2)c1ccccc1. The number of ketones is 1. The van der Waals surface area contributed by atoms with Gasteiger partial charge in [-0.25, -0.2) is 0 Å². The van der Waals surface area contributed by atoms with E-state index in [0.29, 0.717) is 0 Å². The molecular formula is C19H20O. The maximum Gasteiger partial charge on any atom is 0.172 e. The van der Waals surface area contributed by atoms with Crippen LogP contribution >= 0.6 is 0 Å². The lowest BCUT2D eigenvalue weighted by molar-refractivity contribution is 0.0908. The van der Waals surface area contributed by atoms with Crippen LogP contribution in [0.25, 0.3) is 0 Å². The van der Waals surface area contributed by atoms with E-state index in [1.165, 1.54) is 17.5 Å². The lowest BCUT2D eigenvalue weighted by atomic mass is 9.78. The molecule has 0 unspecified atom stereocenters. The van der Waals surface area contributed by atoms with Gasteiger partial charge in [-0.3, -0.25) is 4.79 Å². The van der Waals surface area contributed by atoms with Gasteiger partial charge in [-0.15, -0.1) is 0 Å². The van der Waals surface area contributed by atoms with Gasteiger partial charge in [-0.2, -0.15) is 0 Å². The third-order valence-electron chi connectivity index (χ3n) is 4.42. The van der Waals surface area contributed by atoms with E-state index < -0.39 is 5.41 Å². The molecule has 1 aliphatic carbocycles. The summed E-state index contributed by atoms with van der Waals surface area (Å²) in [6, 6.07) is 16.3. The Morgan fingerprint density at radius 3 is 2.40 bits per heavy atom. The molecule has 0 fully saturated rings. The molecule has 0 atom stereocenters. The first-order valence-electron chi connectivity index (χ1n) is 7.31. The van der Waals surface area contributed by atoms with Crippen LogP contribution in [0, 0.1) is 0 Å². The Bertz CT molecular complexity index is 638. The van der Waals surface area contributed by atoms with Crippen LogP contribution in [0.1, 0.15) is 47.3 Å². The van der Waals surface area contributed by atoms with E-state index in [1.807, 2.05) is 50.2 Å². The fourth-order valence-electron chi connectivity index (χ4n) is 3.06. The fourth-order valence-corrected chi connectivity index (χ4v) is 3.06. The van der Waals surface area contributed by atoms with E-state index >= 15 is 0 Å². The number of benzene rings is 2. The Labute approximate surface area is 120 Å². The molecule has 3 rings (SSSR count). The third-order valence-corrected chi connectivity index (χ3v) is 4.42. The quantitative estimate of drug-likeness (QED) is 0.754. The van der Waals surface area contributed by atoms with Crippen molar-refractivity contribution in [1.82, 2.24) is 0 Å². The van der Waals surface area contributed by atoms with Gasteiger partial charge in [0.25, 0.3) is 0 Å². The maximum absolute atomic E-state index is 12.9. The van der Waals surface area contributed by atoms with Gasteiger partial charge in [0.1, 0.15) is 0 Å². The number of aryl methyl sites for hydroxylation is 2. The van der Waals surface area contributed by atoms with Crippen LogP contribution in [0.15, 0.2) is 48.5 Å². The second-order valence-electron chi connectivity index (χ2n) is 6.16. The molecule has 0 spiro atoms. The summed E-state index contributed by atoms with van der Waals surface area (Å²) in [6.45, 7) is 4.02. The number of hydrogen-bond donors (Lipinski definition) is 0. The number of Topliss-reactive ketones (excluding diaryl/α,β-unsaturated/α-hetero) is 1. The van der Waals surface area contributed by atoms with Crippen LogP contribution in [-0.2, 0) is 18.3 Å². The summed E-state index contributed by atoms with van der Waals surface area (Å²) in [6.07, 6.45) is 3.49. The molecule has 0 heterocycles. The van der Waals surface area contributed by atoms with Crippen molar-refractivity contribution in [3.63, 3.8) is 0 Å². The lowest BCUT2D eigenvalue weighted by Gasteiger charge is -2.24. The summed E-state index contributed by atoms with van der Waals surface area (Å²) < 4.78 is 0. The van der Waals surface area contributed by atoms with E-state index in [4.69, 9.17) is 0 Å². The molecule has 0 saturated heterocycles. The second-order valence-corrected chi connectivity index (χ2v) is 6.16. The summed E-state index contributed by atoms with van der Waals surface area (Å²) in [5.41, 5.74) is 4.22. The van der Waals surface area contributed by atoms with Crippen LogP contribution in [0.5, 0.6) is 0 Å². The number of hydrogen-bond acceptors (Lipinski definition) is 1. The van der Waals surface area contributed by atoms with Gasteiger partial charge in [0, 0.05) is 5.56 Å². The molecule has 0 N–H and O–H groups in total. The normalized spacial score (nSPS) is 14.1. The molecule has 1 aliphatic rings. The Kier molecular flexibility index (Phi) is 3.21. The molecular weight excluding hydrogens is 244 g/mol. The van der Waals surface area contributed by atoms with Crippen molar-refractivity contribution in [2.24, 2.45) is 0 Å². The minimum Gasteiger partial charge on any atom is -0.293 e. The van der Waals surface area contributed by atoms with Crippen molar-refractivity contribution in [1.29, 1.82) is 0 Å². The third kappa shape index (κ3) is 2.18. The number of carbonyl (C=O) groups is 1. The number of carbonyl (C=O) groups excluding carboxylic acids is 1. The summed E-state index contributed by atoms with van der Waals surface area (Å²) in [5.74, 6) is 0.207. The first kappa shape index (κ1) is 13.1. The molecule has 2 aromatic rings. The average molecular weight is 264 g/mol. The minimum absolute atomic E-state index is 0.207. The predicted molar refractivity (Wildman–Crippen MR) is 82.3 cm³/mol. The van der Waals surface area contributed by atoms with Gasteiger partial charge < -0.3 is 0 Å². The number of fused-ring (bicyclic) bond motifs is 1. The molecule has 0 aromatic heterocycles. The second kappa shape index (κ2) is 4.90. The first-order chi connectivity index (χ1) is 9.59. The monoisotopic (exact) mass is 264 g/mol. The van der Waals surface area contributed by atoms with E-state index in [1.54, 1.807) is 0 Å². The van der Waals surface area contributed by atoms with Gasteiger partial charge in [-0.05, 0) is 55.9 Å². The van der Waals surface area contributed by atoms with Crippen molar-refractivity contribution in [3.05, 3.63) is 70.8 Å². The highest BCUT2D eigenvalue weighted by Gasteiger charge is 2.30. The predicted octanol–water partition coefficient (Wildman–Crippen LogP) is 4.34. The topological polar surface area (TPSA) is 17.1 Å². The Hall–Kier alpha value is -1.89. The van der Waals surface area contributed by atoms with Crippen LogP contribution in [-0.4, -0.2) is 5.78 Å². The Balaban J connectivity index is 1.96. The molecule has 0 saturated carbocycles. The van der Waals surface area contributed by atoms with Crippen molar-refractivity contribution in [2.75, 3.05) is 0 Å². The molecule has 20 heavy (non-hydrogen) atoms. The Morgan fingerprint density at radius 2 is 1.65 bits per heavy atom. The van der Waals surface area contributed by atoms with Crippen molar-refractivity contribution >= 4 is 5.78 Å². The van der Waals surface area contributed by atoms with Gasteiger partial charge >= 0.3 is 0 Å². The standard InChI is InChI=1S/C19H20O/c1-19(2,17-9-4-3-5-10-17)18(20)16-12-11-14-7-6-8-15(14)13-16/h3-5,9-13H,6-8H2,1-2H3. The van der Waals surface area contributed by atoms with Crippen molar-refractivity contribution < 1.29 is 4.79 Å². The van der Waals surface area contributed by atoms with Crippen molar-refractivity contribution in [3.8, 4) is 0 Å². The largest absolute Gasteiger partial charge is 0.293 e. The molecule has 0 amide bonds. The van der Waals surface area contributed by atoms with Crippen LogP contribution in [0.4, 0.5) is 0 Å². The van der Waals surface area contributed by atoms with E-state index in [2.05, 4.69) is 12.1 Å². The molecule has 1 nitrogen and oxygen atoms in total. The Morgan fingerprint density at radius 1 is 0.950 bits per heavy atom. The highest BCUT2D eigenvalue weighted by Crippen LogP contribution is 2.30. The zero-order chi connectivity index (χ0) is 14.2. The lowest BCUT2D eigenvalue weighted by Crippen LogP contribution is -2.29. The zero-order valence-electron chi connectivity index (χ0n) is 12.1. The van der Waals surface area contributed by atoms with Crippen LogP contribution in [0.3, 0.4) is 0 Å². The molecule has 2 aromatic carbocycles. The van der Waals surface area contributed by atoms with Crippen molar-refractivity contribution in [2.45, 2.75) is 38.5 Å². The summed E-state index contributed by atoms with van der Waals surface area (Å²) in [7, 11) is 0. The average Bonchev–Trinajstić information content (AvgIpc) is 2.94. The van der Waals surface area contributed by atoms with E-state index in [9.17, 15) is 4.79 Å². The van der Waals surface area contributed by atoms with E-state index in [-0.39, 0.29) is 5.78 Å². The number of rotatable bonds is 3. The first-order valence-corrected chi connectivity index (χ1v) is 7.31. The van der Waals surface area contributed by atoms with Crippen LogP contribution in [0.2, 0.25) is 0 Å². The molecule has 0 aliphatic heterocycles. The van der Waals surface area contributed by atoms with E-state index in [0.717, 1.165) is 24.0 Å². The molecule has 0 radical (unpaired) electrons. The molecule has 1 heteroatoms. The van der Waals surface area contributed by atoms with Gasteiger partial charge in [0.2, 0.25) is 0 Å². The summed E-state index contributed by atoms with van der Waals surface area (Å²) in [4.78, 5) is 12.9. The van der Waals surface area contributed by atoms with Gasteiger partial charge in [0.15, 0.2) is 5.78 Å².